The van der Waals surface area contributed by atoms with E-state index >= 15 is 0 Å². The summed E-state index contributed by atoms with van der Waals surface area (Å²) < 4.78 is 27.2. The Morgan fingerprint density at radius 2 is 1.56 bits per heavy atom. The number of methoxy groups -OCH3 is 3. The monoisotopic (exact) mass is 467 g/mol. The van der Waals surface area contributed by atoms with Crippen LogP contribution in [-0.4, -0.2) is 64.2 Å². The Morgan fingerprint density at radius 1 is 0.912 bits per heavy atom. The van der Waals surface area contributed by atoms with Crippen molar-refractivity contribution < 1.29 is 33.3 Å². The van der Waals surface area contributed by atoms with Gasteiger partial charge in [-0.05, 0) is 54.8 Å². The summed E-state index contributed by atoms with van der Waals surface area (Å²) in [5.41, 5.74) is 1.38. The molecule has 180 valence electrons. The predicted octanol–water partition coefficient (Wildman–Crippen LogP) is 3.62. The van der Waals surface area contributed by atoms with Crippen molar-refractivity contribution in [2.45, 2.75) is 12.8 Å². The fourth-order valence-corrected chi connectivity index (χ4v) is 4.26. The number of likely N-dealkylation sites (tertiary alicyclic amines) is 1. The molecule has 2 aromatic carbocycles. The Balaban J connectivity index is 1.36. The lowest BCUT2D eigenvalue weighted by molar-refractivity contribution is -0.127. The zero-order valence-electron chi connectivity index (χ0n) is 19.7. The highest BCUT2D eigenvalue weighted by Gasteiger charge is 2.28. The zero-order valence-corrected chi connectivity index (χ0v) is 19.7. The molecule has 4 rings (SSSR count). The summed E-state index contributed by atoms with van der Waals surface area (Å²) in [4.78, 5) is 27.5. The van der Waals surface area contributed by atoms with Crippen LogP contribution in [0, 0.1) is 5.92 Å². The maximum atomic E-state index is 13.0. The average molecular weight is 468 g/mol. The van der Waals surface area contributed by atoms with Gasteiger partial charge in [0.05, 0.1) is 21.3 Å². The Bertz CT molecular complexity index is 1060. The number of fused-ring (bicyclic) bond motifs is 1. The fourth-order valence-electron chi connectivity index (χ4n) is 4.26. The van der Waals surface area contributed by atoms with Crippen LogP contribution in [0.2, 0.25) is 0 Å². The van der Waals surface area contributed by atoms with Gasteiger partial charge in [0.2, 0.25) is 11.7 Å². The summed E-state index contributed by atoms with van der Waals surface area (Å²) in [6.45, 7) is 2.05. The molecule has 0 bridgehead atoms. The number of hydrogen-bond acceptors (Lipinski definition) is 7. The van der Waals surface area contributed by atoms with Gasteiger partial charge in [-0.25, -0.2) is 0 Å². The minimum atomic E-state index is -0.120. The summed E-state index contributed by atoms with van der Waals surface area (Å²) in [5.74, 6) is 2.68. The molecule has 8 nitrogen and oxygen atoms in total. The number of Topliss-reactive ketones (excluding diaryl/α,β-unsaturated/α-hetero) is 1. The average Bonchev–Trinajstić information content (AvgIpc) is 2.90. The Labute approximate surface area is 199 Å². The number of carbonyl (C=O) groups is 2. The van der Waals surface area contributed by atoms with Crippen molar-refractivity contribution >= 4 is 17.8 Å². The first-order valence-corrected chi connectivity index (χ1v) is 11.2. The van der Waals surface area contributed by atoms with Gasteiger partial charge in [0.25, 0.3) is 0 Å². The Kier molecular flexibility index (Phi) is 7.25. The quantitative estimate of drug-likeness (QED) is 0.454. The highest BCUT2D eigenvalue weighted by Crippen LogP contribution is 2.38. The molecule has 2 aromatic rings. The topological polar surface area (TPSA) is 83.5 Å². The first-order valence-electron chi connectivity index (χ1n) is 11.2. The van der Waals surface area contributed by atoms with Crippen LogP contribution in [0.15, 0.2) is 36.4 Å². The lowest BCUT2D eigenvalue weighted by Crippen LogP contribution is -2.39. The largest absolute Gasteiger partial charge is 0.493 e. The molecule has 2 aliphatic rings. The standard InChI is InChI=1S/C26H29NO7/c1-30-22-14-17(15-23(31-2)26(22)32-3)4-7-24(28)27-10-8-18(9-11-27)25(29)19-5-6-20-21(16-19)34-13-12-33-20/h4-7,14-16,18H,8-13H2,1-3H3/b7-4+. The lowest BCUT2D eigenvalue weighted by Gasteiger charge is -2.30. The summed E-state index contributed by atoms with van der Waals surface area (Å²) in [6, 6.07) is 8.89. The van der Waals surface area contributed by atoms with Gasteiger partial charge in [0.15, 0.2) is 28.8 Å². The number of carbonyl (C=O) groups excluding carboxylic acids is 2. The normalized spacial score (nSPS) is 15.8. The molecule has 0 N–H and O–H groups in total. The van der Waals surface area contributed by atoms with Crippen LogP contribution >= 0.6 is 0 Å². The van der Waals surface area contributed by atoms with Gasteiger partial charge in [0.1, 0.15) is 13.2 Å². The molecular weight excluding hydrogens is 438 g/mol. The van der Waals surface area contributed by atoms with Crippen molar-refractivity contribution in [2.24, 2.45) is 5.92 Å². The Morgan fingerprint density at radius 3 is 2.18 bits per heavy atom. The van der Waals surface area contributed by atoms with E-state index in [9.17, 15) is 9.59 Å². The number of nitrogens with zero attached hydrogens (tertiary/aromatic N) is 1. The van der Waals surface area contributed by atoms with Crippen molar-refractivity contribution in [3.63, 3.8) is 0 Å². The van der Waals surface area contributed by atoms with Crippen molar-refractivity contribution in [3.8, 4) is 28.7 Å². The van der Waals surface area contributed by atoms with Gasteiger partial charge >= 0.3 is 0 Å². The first-order chi connectivity index (χ1) is 16.5. The molecule has 0 radical (unpaired) electrons. The molecule has 0 saturated carbocycles. The van der Waals surface area contributed by atoms with E-state index in [0.717, 1.165) is 5.56 Å². The third-order valence-electron chi connectivity index (χ3n) is 6.11. The molecule has 34 heavy (non-hydrogen) atoms. The second kappa shape index (κ2) is 10.5. The van der Waals surface area contributed by atoms with Crippen molar-refractivity contribution in [3.05, 3.63) is 47.5 Å². The third-order valence-corrected chi connectivity index (χ3v) is 6.11. The zero-order chi connectivity index (χ0) is 24.1. The molecule has 0 atom stereocenters. The van der Waals surface area contributed by atoms with E-state index in [-0.39, 0.29) is 17.6 Å². The van der Waals surface area contributed by atoms with Gasteiger partial charge in [-0.2, -0.15) is 0 Å². The summed E-state index contributed by atoms with van der Waals surface area (Å²) in [7, 11) is 4.64. The van der Waals surface area contributed by atoms with Crippen LogP contribution in [0.5, 0.6) is 28.7 Å². The molecule has 0 spiro atoms. The number of ketones is 1. The summed E-state index contributed by atoms with van der Waals surface area (Å²) >= 11 is 0. The molecule has 8 heteroatoms. The fraction of sp³-hybridized carbons (Fsp3) is 0.385. The second-order valence-corrected chi connectivity index (χ2v) is 8.11. The van der Waals surface area contributed by atoms with Crippen LogP contribution in [-0.2, 0) is 4.79 Å². The smallest absolute Gasteiger partial charge is 0.246 e. The second-order valence-electron chi connectivity index (χ2n) is 8.11. The lowest BCUT2D eigenvalue weighted by atomic mass is 9.88. The molecule has 1 fully saturated rings. The van der Waals surface area contributed by atoms with E-state index in [0.29, 0.717) is 73.5 Å². The highest BCUT2D eigenvalue weighted by atomic mass is 16.6. The van der Waals surface area contributed by atoms with Crippen LogP contribution in [0.3, 0.4) is 0 Å². The van der Waals surface area contributed by atoms with Crippen LogP contribution in [0.25, 0.3) is 6.08 Å². The summed E-state index contributed by atoms with van der Waals surface area (Å²) in [5, 5.41) is 0. The minimum absolute atomic E-state index is 0.0806. The van der Waals surface area contributed by atoms with E-state index in [1.54, 1.807) is 62.6 Å². The van der Waals surface area contributed by atoms with Gasteiger partial charge in [0, 0.05) is 30.6 Å². The number of ether oxygens (including phenoxy) is 5. The SMILES string of the molecule is COc1cc(/C=C/C(=O)N2CCC(C(=O)c3ccc4c(c3)OCCO4)CC2)cc(OC)c1OC. The van der Waals surface area contributed by atoms with Crippen molar-refractivity contribution in [1.29, 1.82) is 0 Å². The minimum Gasteiger partial charge on any atom is -0.493 e. The molecule has 0 aliphatic carbocycles. The molecule has 0 unspecified atom stereocenters. The molecular formula is C26H29NO7. The number of piperidine rings is 1. The van der Waals surface area contributed by atoms with Gasteiger partial charge in [-0.3, -0.25) is 9.59 Å². The van der Waals surface area contributed by atoms with Crippen LogP contribution in [0.4, 0.5) is 0 Å². The molecule has 2 heterocycles. The van der Waals surface area contributed by atoms with Gasteiger partial charge in [-0.1, -0.05) is 0 Å². The molecule has 1 saturated heterocycles. The van der Waals surface area contributed by atoms with E-state index in [1.165, 1.54) is 6.08 Å². The molecule has 0 aromatic heterocycles. The van der Waals surface area contributed by atoms with Gasteiger partial charge < -0.3 is 28.6 Å². The number of hydrogen-bond donors (Lipinski definition) is 0. The van der Waals surface area contributed by atoms with Crippen LogP contribution in [0.1, 0.15) is 28.8 Å². The van der Waals surface area contributed by atoms with E-state index in [2.05, 4.69) is 0 Å². The van der Waals surface area contributed by atoms with Crippen LogP contribution < -0.4 is 23.7 Å². The number of benzene rings is 2. The highest BCUT2D eigenvalue weighted by molar-refractivity contribution is 5.99. The van der Waals surface area contributed by atoms with Gasteiger partial charge in [-0.15, -0.1) is 0 Å². The number of rotatable bonds is 7. The van der Waals surface area contributed by atoms with E-state index in [4.69, 9.17) is 23.7 Å². The van der Waals surface area contributed by atoms with E-state index < -0.39 is 0 Å². The predicted molar refractivity (Wildman–Crippen MR) is 126 cm³/mol. The maximum absolute atomic E-state index is 13.0. The molecule has 2 aliphatic heterocycles. The van der Waals surface area contributed by atoms with E-state index in [1.807, 2.05) is 0 Å². The summed E-state index contributed by atoms with van der Waals surface area (Å²) in [6.07, 6.45) is 4.50. The first kappa shape index (κ1) is 23.5. The third kappa shape index (κ3) is 4.95. The molecule has 1 amide bonds. The van der Waals surface area contributed by atoms with Crippen molar-refractivity contribution in [2.75, 3.05) is 47.6 Å². The maximum Gasteiger partial charge on any atom is 0.246 e. The Hall–Kier alpha value is -3.68. The number of amides is 1. The van der Waals surface area contributed by atoms with Crippen molar-refractivity contribution in [1.82, 2.24) is 4.90 Å².